The lowest BCUT2D eigenvalue weighted by molar-refractivity contribution is 0.426. The first kappa shape index (κ1) is 28.3. The number of hydrogen-bond donors (Lipinski definition) is 0. The molecule has 3 nitrogen and oxygen atoms in total. The first-order valence-corrected chi connectivity index (χ1v) is 17.5. The summed E-state index contributed by atoms with van der Waals surface area (Å²) >= 11 is 0. The van der Waals surface area contributed by atoms with Gasteiger partial charge in [-0.2, -0.15) is 0 Å². The SMILES string of the molecule is C1=C(c2c3ccccc3c(-c3ccco3)c3ccccc23)CC2C(=C1)Oc1cccc(-c3c4ccccc4c(-c4ccco4)c4ccccc34)c12. The third-order valence-electron chi connectivity index (χ3n) is 10.8. The van der Waals surface area contributed by atoms with Gasteiger partial charge >= 0.3 is 0 Å². The average molecular weight is 655 g/mol. The van der Waals surface area contributed by atoms with Gasteiger partial charge in [0.05, 0.1) is 18.4 Å². The highest BCUT2D eigenvalue weighted by Crippen LogP contribution is 2.55. The first-order valence-electron chi connectivity index (χ1n) is 17.5. The Labute approximate surface area is 294 Å². The zero-order valence-electron chi connectivity index (χ0n) is 27.6. The summed E-state index contributed by atoms with van der Waals surface area (Å²) in [4.78, 5) is 0. The Morgan fingerprint density at radius 3 is 1.35 bits per heavy atom. The van der Waals surface area contributed by atoms with E-state index < -0.39 is 0 Å². The van der Waals surface area contributed by atoms with Gasteiger partial charge in [-0.05, 0) is 108 Å². The molecule has 7 aromatic carbocycles. The summed E-state index contributed by atoms with van der Waals surface area (Å²) in [5.74, 6) is 3.77. The van der Waals surface area contributed by atoms with Gasteiger partial charge in [0.1, 0.15) is 23.0 Å². The molecule has 0 N–H and O–H groups in total. The van der Waals surface area contributed by atoms with Crippen LogP contribution in [0.4, 0.5) is 0 Å². The summed E-state index contributed by atoms with van der Waals surface area (Å²) in [6.45, 7) is 0. The normalized spacial score (nSPS) is 15.2. The van der Waals surface area contributed by atoms with Crippen molar-refractivity contribution in [2.24, 2.45) is 0 Å². The van der Waals surface area contributed by atoms with E-state index in [1.807, 2.05) is 12.1 Å². The van der Waals surface area contributed by atoms with E-state index in [0.717, 1.165) is 40.6 Å². The molecule has 0 saturated carbocycles. The Bertz CT molecular complexity index is 2790. The topological polar surface area (TPSA) is 35.5 Å². The van der Waals surface area contributed by atoms with Crippen molar-refractivity contribution < 1.29 is 13.6 Å². The molecule has 1 aliphatic heterocycles. The molecular weight excluding hydrogens is 625 g/mol. The fourth-order valence-corrected chi connectivity index (χ4v) is 8.83. The highest BCUT2D eigenvalue weighted by atomic mass is 16.5. The molecule has 0 fully saturated rings. The monoisotopic (exact) mass is 654 g/mol. The van der Waals surface area contributed by atoms with E-state index >= 15 is 0 Å². The van der Waals surface area contributed by atoms with E-state index in [4.69, 9.17) is 13.6 Å². The van der Waals surface area contributed by atoms with Crippen molar-refractivity contribution in [1.29, 1.82) is 0 Å². The number of ether oxygens (including phenoxy) is 1. The molecule has 11 rings (SSSR count). The highest BCUT2D eigenvalue weighted by molar-refractivity contribution is 6.22. The Kier molecular flexibility index (Phi) is 6.08. The molecule has 240 valence electrons. The van der Waals surface area contributed by atoms with Crippen molar-refractivity contribution in [3.05, 3.63) is 181 Å². The molecule has 1 unspecified atom stereocenters. The number of rotatable bonds is 4. The lowest BCUT2D eigenvalue weighted by atomic mass is 9.78. The molecule has 3 heteroatoms. The molecule has 0 radical (unpaired) electrons. The standard InChI is InChI=1S/C48H30O3/c1-5-16-34-30(12-1)44(31-13-2-6-17-35(31)46(34)41-22-10-26-49-41)29-24-25-40-39(28-29)48-38(20-9-21-43(48)51-40)45-32-14-3-7-18-36(32)47(42-23-11-27-50-42)37-19-8-4-15-33(37)45/h1-27,39H,28H2. The van der Waals surface area contributed by atoms with Crippen molar-refractivity contribution >= 4 is 48.7 Å². The van der Waals surface area contributed by atoms with E-state index in [1.165, 1.54) is 70.9 Å². The summed E-state index contributed by atoms with van der Waals surface area (Å²) in [5, 5.41) is 9.58. The van der Waals surface area contributed by atoms with Crippen LogP contribution in [-0.4, -0.2) is 0 Å². The van der Waals surface area contributed by atoms with Crippen LogP contribution in [0.2, 0.25) is 0 Å². The lowest BCUT2D eigenvalue weighted by Crippen LogP contribution is -2.06. The Hall–Kier alpha value is -6.58. The molecule has 2 aromatic heterocycles. The lowest BCUT2D eigenvalue weighted by Gasteiger charge is -2.24. The predicted molar refractivity (Wildman–Crippen MR) is 208 cm³/mol. The molecule has 9 aromatic rings. The summed E-state index contributed by atoms with van der Waals surface area (Å²) < 4.78 is 18.7. The van der Waals surface area contributed by atoms with Crippen LogP contribution in [-0.2, 0) is 0 Å². The number of allylic oxidation sites excluding steroid dienone is 4. The van der Waals surface area contributed by atoms with Crippen molar-refractivity contribution in [3.8, 4) is 39.5 Å². The average Bonchev–Trinajstić information content (AvgIpc) is 3.98. The van der Waals surface area contributed by atoms with Gasteiger partial charge < -0.3 is 13.6 Å². The highest BCUT2D eigenvalue weighted by Gasteiger charge is 2.36. The van der Waals surface area contributed by atoms with Crippen LogP contribution in [0.5, 0.6) is 5.75 Å². The minimum absolute atomic E-state index is 0.0701. The van der Waals surface area contributed by atoms with E-state index in [1.54, 1.807) is 12.5 Å². The molecule has 1 aliphatic carbocycles. The minimum Gasteiger partial charge on any atom is -0.464 e. The van der Waals surface area contributed by atoms with Gasteiger partial charge in [0.2, 0.25) is 0 Å². The maximum Gasteiger partial charge on any atom is 0.135 e. The third kappa shape index (κ3) is 4.12. The van der Waals surface area contributed by atoms with E-state index in [2.05, 4.69) is 140 Å². The van der Waals surface area contributed by atoms with E-state index in [0.29, 0.717) is 0 Å². The largest absolute Gasteiger partial charge is 0.464 e. The van der Waals surface area contributed by atoms with Crippen molar-refractivity contribution in [2.45, 2.75) is 12.3 Å². The summed E-state index contributed by atoms with van der Waals surface area (Å²) in [7, 11) is 0. The van der Waals surface area contributed by atoms with Gasteiger partial charge in [-0.1, -0.05) is 115 Å². The molecule has 0 bridgehead atoms. The van der Waals surface area contributed by atoms with Crippen LogP contribution in [0.25, 0.3) is 82.4 Å². The summed E-state index contributed by atoms with van der Waals surface area (Å²) in [5.41, 5.74) is 8.52. The number of hydrogen-bond acceptors (Lipinski definition) is 3. The van der Waals surface area contributed by atoms with Gasteiger partial charge in [0, 0.05) is 16.7 Å². The molecule has 2 aliphatic rings. The van der Waals surface area contributed by atoms with Crippen LogP contribution in [0.3, 0.4) is 0 Å². The van der Waals surface area contributed by atoms with Gasteiger partial charge in [0.15, 0.2) is 0 Å². The molecule has 0 spiro atoms. The molecule has 51 heavy (non-hydrogen) atoms. The van der Waals surface area contributed by atoms with Gasteiger partial charge in [0.25, 0.3) is 0 Å². The molecule has 0 saturated heterocycles. The van der Waals surface area contributed by atoms with Gasteiger partial charge in [-0.3, -0.25) is 0 Å². The zero-order valence-corrected chi connectivity index (χ0v) is 27.6. The molecule has 3 heterocycles. The van der Waals surface area contributed by atoms with Gasteiger partial charge in [-0.15, -0.1) is 0 Å². The third-order valence-corrected chi connectivity index (χ3v) is 10.8. The van der Waals surface area contributed by atoms with Crippen LogP contribution in [0.15, 0.2) is 179 Å². The second kappa shape index (κ2) is 11.0. The Morgan fingerprint density at radius 1 is 0.412 bits per heavy atom. The minimum atomic E-state index is 0.0701. The number of fused-ring (bicyclic) bond motifs is 7. The first-order chi connectivity index (χ1) is 25.3. The zero-order chi connectivity index (χ0) is 33.5. The maximum absolute atomic E-state index is 6.70. The molecular formula is C48H30O3. The van der Waals surface area contributed by atoms with Crippen molar-refractivity contribution in [1.82, 2.24) is 0 Å². The van der Waals surface area contributed by atoms with E-state index in [9.17, 15) is 0 Å². The fourth-order valence-electron chi connectivity index (χ4n) is 8.83. The quantitative estimate of drug-likeness (QED) is 0.177. The summed E-state index contributed by atoms with van der Waals surface area (Å²) in [6.07, 6.45) is 8.82. The van der Waals surface area contributed by atoms with Gasteiger partial charge in [-0.25, -0.2) is 0 Å². The van der Waals surface area contributed by atoms with Crippen molar-refractivity contribution in [2.75, 3.05) is 0 Å². The second-order valence-corrected chi connectivity index (χ2v) is 13.5. The van der Waals surface area contributed by atoms with Crippen molar-refractivity contribution in [3.63, 3.8) is 0 Å². The maximum atomic E-state index is 6.70. The number of benzene rings is 7. The number of furan rings is 2. The van der Waals surface area contributed by atoms with Crippen LogP contribution < -0.4 is 4.74 Å². The smallest absolute Gasteiger partial charge is 0.135 e. The Morgan fingerprint density at radius 2 is 0.882 bits per heavy atom. The summed E-state index contributed by atoms with van der Waals surface area (Å²) in [6, 6.07) is 49.6. The van der Waals surface area contributed by atoms with Crippen LogP contribution >= 0.6 is 0 Å². The van der Waals surface area contributed by atoms with Crippen LogP contribution in [0, 0.1) is 0 Å². The second-order valence-electron chi connectivity index (χ2n) is 13.5. The fraction of sp³-hybridized carbons (Fsp3) is 0.0417. The Balaban J connectivity index is 1.13. The molecule has 0 amide bonds. The van der Waals surface area contributed by atoms with Crippen LogP contribution in [0.1, 0.15) is 23.5 Å². The predicted octanol–water partition coefficient (Wildman–Crippen LogP) is 13.3. The molecule has 1 atom stereocenters. The van der Waals surface area contributed by atoms with E-state index in [-0.39, 0.29) is 5.92 Å².